The van der Waals surface area contributed by atoms with E-state index in [-0.39, 0.29) is 10.8 Å². The number of aryl methyl sites for hydroxylation is 2. The van der Waals surface area contributed by atoms with Crippen LogP contribution in [0.15, 0.2) is 36.4 Å². The minimum atomic E-state index is -0.0310. The number of hydrogen-bond donors (Lipinski definition) is 2. The molecule has 0 saturated carbocycles. The van der Waals surface area contributed by atoms with E-state index < -0.39 is 0 Å². The predicted molar refractivity (Wildman–Crippen MR) is 115 cm³/mol. The maximum absolute atomic E-state index is 10.3. The Morgan fingerprint density at radius 1 is 0.593 bits per heavy atom. The number of unbranched alkanes of at least 4 members (excludes halogenated alkanes) is 2. The Kier molecular flexibility index (Phi) is 6.62. The van der Waals surface area contributed by atoms with E-state index in [1.54, 1.807) is 0 Å². The second-order valence-electron chi connectivity index (χ2n) is 9.76. The van der Waals surface area contributed by atoms with E-state index in [4.69, 9.17) is 0 Å². The predicted octanol–water partition coefficient (Wildman–Crippen LogP) is 6.65. The quantitative estimate of drug-likeness (QED) is 0.560. The molecule has 2 nitrogen and oxygen atoms in total. The summed E-state index contributed by atoms with van der Waals surface area (Å²) < 4.78 is 0. The van der Waals surface area contributed by atoms with Crippen LogP contribution in [0.25, 0.3) is 0 Å². The van der Waals surface area contributed by atoms with Crippen molar-refractivity contribution >= 4 is 0 Å². The highest BCUT2D eigenvalue weighted by molar-refractivity contribution is 5.41. The van der Waals surface area contributed by atoms with E-state index in [1.807, 2.05) is 12.1 Å². The first-order valence-electron chi connectivity index (χ1n) is 10.1. The van der Waals surface area contributed by atoms with Gasteiger partial charge in [0.2, 0.25) is 0 Å². The first kappa shape index (κ1) is 21.3. The molecule has 2 rings (SSSR count). The second-order valence-corrected chi connectivity index (χ2v) is 9.76. The smallest absolute Gasteiger partial charge is 0.119 e. The van der Waals surface area contributed by atoms with E-state index in [0.29, 0.717) is 11.5 Å². The minimum absolute atomic E-state index is 0.0310. The number of rotatable bonds is 6. The lowest BCUT2D eigenvalue weighted by Crippen LogP contribution is -2.11. The fourth-order valence-corrected chi connectivity index (χ4v) is 3.57. The molecule has 0 aliphatic rings. The summed E-state index contributed by atoms with van der Waals surface area (Å²) in [7, 11) is 0. The molecule has 0 aromatic heterocycles. The van der Waals surface area contributed by atoms with Crippen LogP contribution in [0.3, 0.4) is 0 Å². The molecule has 0 bridgehead atoms. The molecule has 0 spiro atoms. The lowest BCUT2D eigenvalue weighted by molar-refractivity contribution is 0.445. The van der Waals surface area contributed by atoms with Crippen molar-refractivity contribution in [2.24, 2.45) is 0 Å². The molecule has 2 N–H and O–H groups in total. The molecule has 0 saturated heterocycles. The van der Waals surface area contributed by atoms with Crippen molar-refractivity contribution < 1.29 is 10.2 Å². The zero-order valence-corrected chi connectivity index (χ0v) is 17.9. The Bertz CT molecular complexity index is 695. The highest BCUT2D eigenvalue weighted by atomic mass is 16.3. The van der Waals surface area contributed by atoms with Gasteiger partial charge in [-0.2, -0.15) is 0 Å². The topological polar surface area (TPSA) is 40.5 Å². The van der Waals surface area contributed by atoms with E-state index in [9.17, 15) is 10.2 Å². The first-order valence-corrected chi connectivity index (χ1v) is 10.1. The van der Waals surface area contributed by atoms with Crippen LogP contribution in [0, 0.1) is 0 Å². The van der Waals surface area contributed by atoms with Crippen LogP contribution < -0.4 is 0 Å². The molecule has 0 atom stereocenters. The van der Waals surface area contributed by atoms with Crippen molar-refractivity contribution in [1.82, 2.24) is 0 Å². The van der Waals surface area contributed by atoms with Gasteiger partial charge in [0.05, 0.1) is 0 Å². The van der Waals surface area contributed by atoms with Gasteiger partial charge in [0, 0.05) is 0 Å². The van der Waals surface area contributed by atoms with Gasteiger partial charge in [0.1, 0.15) is 11.5 Å². The van der Waals surface area contributed by atoms with Gasteiger partial charge in [-0.1, -0.05) is 72.2 Å². The number of phenolic OH excluding ortho intramolecular Hbond substituents is 2. The van der Waals surface area contributed by atoms with Gasteiger partial charge in [0.25, 0.3) is 0 Å². The normalized spacial score (nSPS) is 12.4. The van der Waals surface area contributed by atoms with Crippen molar-refractivity contribution in [2.75, 3.05) is 0 Å². The Hall–Kier alpha value is -1.96. The van der Waals surface area contributed by atoms with Gasteiger partial charge in [-0.05, 0) is 70.9 Å². The van der Waals surface area contributed by atoms with Crippen LogP contribution in [0.1, 0.15) is 83.1 Å². The third-order valence-corrected chi connectivity index (χ3v) is 5.17. The van der Waals surface area contributed by atoms with Gasteiger partial charge >= 0.3 is 0 Å². The van der Waals surface area contributed by atoms with Gasteiger partial charge in [0.15, 0.2) is 0 Å². The first-order chi connectivity index (χ1) is 12.5. The maximum Gasteiger partial charge on any atom is 0.119 e. The van der Waals surface area contributed by atoms with Gasteiger partial charge in [-0.25, -0.2) is 0 Å². The molecule has 0 aliphatic carbocycles. The Morgan fingerprint density at radius 3 is 1.26 bits per heavy atom. The van der Waals surface area contributed by atoms with Gasteiger partial charge in [-0.3, -0.25) is 0 Å². The number of phenols is 2. The fraction of sp³-hybridized carbons (Fsp3) is 0.520. The minimum Gasteiger partial charge on any atom is -0.508 e. The van der Waals surface area contributed by atoms with E-state index in [2.05, 4.69) is 65.8 Å². The second kappa shape index (κ2) is 8.37. The Morgan fingerprint density at radius 2 is 0.963 bits per heavy atom. The van der Waals surface area contributed by atoms with Crippen LogP contribution >= 0.6 is 0 Å². The SMILES string of the molecule is CC(C)(C)c1ccc(CCCCCc2ccc(C(C)(C)C)c(O)c2)cc1O. The van der Waals surface area contributed by atoms with E-state index in [0.717, 1.165) is 43.2 Å². The molecule has 0 radical (unpaired) electrons. The maximum atomic E-state index is 10.3. The molecule has 27 heavy (non-hydrogen) atoms. The average molecular weight is 369 g/mol. The fourth-order valence-electron chi connectivity index (χ4n) is 3.57. The summed E-state index contributed by atoms with van der Waals surface area (Å²) in [4.78, 5) is 0. The summed E-state index contributed by atoms with van der Waals surface area (Å²) in [6.45, 7) is 12.7. The number of hydrogen-bond acceptors (Lipinski definition) is 2. The molecule has 0 amide bonds. The van der Waals surface area contributed by atoms with Crippen molar-refractivity contribution in [2.45, 2.75) is 84.5 Å². The molecule has 148 valence electrons. The van der Waals surface area contributed by atoms with Crippen molar-refractivity contribution in [3.8, 4) is 11.5 Å². The summed E-state index contributed by atoms with van der Waals surface area (Å²) in [5.74, 6) is 0.823. The van der Waals surface area contributed by atoms with E-state index >= 15 is 0 Å². The third-order valence-electron chi connectivity index (χ3n) is 5.17. The lowest BCUT2D eigenvalue weighted by atomic mass is 9.85. The Balaban J connectivity index is 1.81. The zero-order chi connectivity index (χ0) is 20.2. The molecule has 2 heteroatoms. The largest absolute Gasteiger partial charge is 0.508 e. The lowest BCUT2D eigenvalue weighted by Gasteiger charge is -2.21. The van der Waals surface area contributed by atoms with Crippen LogP contribution in [-0.2, 0) is 23.7 Å². The summed E-state index contributed by atoms with van der Waals surface area (Å²) in [6, 6.07) is 12.2. The zero-order valence-electron chi connectivity index (χ0n) is 17.9. The van der Waals surface area contributed by atoms with Crippen molar-refractivity contribution in [3.05, 3.63) is 58.7 Å². The molecule has 0 aliphatic heterocycles. The van der Waals surface area contributed by atoms with Crippen LogP contribution in [0.2, 0.25) is 0 Å². The summed E-state index contributed by atoms with van der Waals surface area (Å²) >= 11 is 0. The highest BCUT2D eigenvalue weighted by Crippen LogP contribution is 2.32. The molecule has 2 aromatic carbocycles. The monoisotopic (exact) mass is 368 g/mol. The van der Waals surface area contributed by atoms with Crippen molar-refractivity contribution in [1.29, 1.82) is 0 Å². The highest BCUT2D eigenvalue weighted by Gasteiger charge is 2.18. The standard InChI is InChI=1S/C25H36O2/c1-24(2,3)20-14-12-18(16-22(20)26)10-8-7-9-11-19-13-15-21(23(27)17-19)25(4,5)6/h12-17,26-27H,7-11H2,1-6H3. The molecule has 0 unspecified atom stereocenters. The molecule has 2 aromatic rings. The Labute approximate surface area is 165 Å². The number of aromatic hydroxyl groups is 2. The average Bonchev–Trinajstić information content (AvgIpc) is 2.52. The summed E-state index contributed by atoms with van der Waals surface area (Å²) in [5, 5.41) is 20.5. The third kappa shape index (κ3) is 6.02. The van der Waals surface area contributed by atoms with Crippen LogP contribution in [0.5, 0.6) is 11.5 Å². The molecular formula is C25H36O2. The molecule has 0 heterocycles. The summed E-state index contributed by atoms with van der Waals surface area (Å²) in [5.41, 5.74) is 4.35. The number of benzene rings is 2. The summed E-state index contributed by atoms with van der Waals surface area (Å²) in [6.07, 6.45) is 5.35. The molecule has 0 fully saturated rings. The van der Waals surface area contributed by atoms with Crippen LogP contribution in [-0.4, -0.2) is 10.2 Å². The molecular weight excluding hydrogens is 332 g/mol. The van der Waals surface area contributed by atoms with Crippen LogP contribution in [0.4, 0.5) is 0 Å². The van der Waals surface area contributed by atoms with Gasteiger partial charge in [-0.15, -0.1) is 0 Å². The van der Waals surface area contributed by atoms with Crippen molar-refractivity contribution in [3.63, 3.8) is 0 Å². The van der Waals surface area contributed by atoms with Gasteiger partial charge < -0.3 is 10.2 Å². The van der Waals surface area contributed by atoms with E-state index in [1.165, 1.54) is 11.1 Å².